The molecule has 2 heterocycles. The van der Waals surface area contributed by atoms with Gasteiger partial charge in [-0.15, -0.1) is 0 Å². The second kappa shape index (κ2) is 5.02. The van der Waals surface area contributed by atoms with Crippen LogP contribution in [0, 0.1) is 6.92 Å². The Morgan fingerprint density at radius 3 is 2.81 bits per heavy atom. The van der Waals surface area contributed by atoms with E-state index in [0.29, 0.717) is 19.7 Å². The number of hydrogen-bond acceptors (Lipinski definition) is 3. The molecule has 1 aromatic carbocycles. The number of hydrogen-bond donors (Lipinski definition) is 0. The zero-order valence-electron chi connectivity index (χ0n) is 13.2. The second-order valence-corrected chi connectivity index (χ2v) is 7.04. The number of likely N-dealkylation sites (tertiary alicyclic amines) is 1. The highest BCUT2D eigenvalue weighted by Crippen LogP contribution is 2.37. The summed E-state index contributed by atoms with van der Waals surface area (Å²) in [6, 6.07) is 6.48. The lowest BCUT2D eigenvalue weighted by atomic mass is 9.88. The fraction of sp³-hybridized carbons (Fsp3) is 0.588. The molecule has 0 saturated carbocycles. The highest BCUT2D eigenvalue weighted by atomic mass is 16.6. The van der Waals surface area contributed by atoms with Crippen LogP contribution in [0.15, 0.2) is 18.2 Å². The van der Waals surface area contributed by atoms with Crippen molar-refractivity contribution in [2.45, 2.75) is 51.9 Å². The van der Waals surface area contributed by atoms with Crippen molar-refractivity contribution < 1.29 is 14.3 Å². The fourth-order valence-corrected chi connectivity index (χ4v) is 3.10. The lowest BCUT2D eigenvalue weighted by Gasteiger charge is -2.27. The van der Waals surface area contributed by atoms with E-state index in [0.717, 1.165) is 0 Å². The predicted molar refractivity (Wildman–Crippen MR) is 80.3 cm³/mol. The monoisotopic (exact) mass is 289 g/mol. The Labute approximate surface area is 126 Å². The van der Waals surface area contributed by atoms with E-state index in [9.17, 15) is 4.79 Å². The molecule has 4 nitrogen and oxygen atoms in total. The van der Waals surface area contributed by atoms with Crippen molar-refractivity contribution in [1.82, 2.24) is 4.90 Å². The molecular formula is C17H23NO3. The van der Waals surface area contributed by atoms with Crippen LogP contribution in [0.4, 0.5) is 4.79 Å². The molecule has 0 unspecified atom stereocenters. The van der Waals surface area contributed by atoms with Gasteiger partial charge in [-0.3, -0.25) is 0 Å². The Morgan fingerprint density at radius 2 is 2.10 bits per heavy atom. The molecule has 2 aliphatic heterocycles. The summed E-state index contributed by atoms with van der Waals surface area (Å²) < 4.78 is 11.4. The highest BCUT2D eigenvalue weighted by molar-refractivity contribution is 5.69. The first-order valence-electron chi connectivity index (χ1n) is 7.52. The molecule has 0 spiro atoms. The Kier molecular flexibility index (Phi) is 3.44. The number of amides is 1. The maximum atomic E-state index is 12.2. The SMILES string of the molecule is Cc1ccc2c(c1)[C@@H]1CN(C(=O)OC(C)(C)C)C[C@@H]1OC2. The molecule has 21 heavy (non-hydrogen) atoms. The van der Waals surface area contributed by atoms with E-state index in [-0.39, 0.29) is 18.1 Å². The number of aryl methyl sites for hydroxylation is 1. The molecule has 114 valence electrons. The summed E-state index contributed by atoms with van der Waals surface area (Å²) in [7, 11) is 0. The van der Waals surface area contributed by atoms with Gasteiger partial charge in [-0.05, 0) is 38.8 Å². The van der Waals surface area contributed by atoms with E-state index >= 15 is 0 Å². The number of nitrogens with zero attached hydrogens (tertiary/aromatic N) is 1. The molecule has 0 bridgehead atoms. The average Bonchev–Trinajstić information content (AvgIpc) is 2.81. The Balaban J connectivity index is 1.78. The van der Waals surface area contributed by atoms with Gasteiger partial charge in [-0.2, -0.15) is 0 Å². The summed E-state index contributed by atoms with van der Waals surface area (Å²) in [4.78, 5) is 14.0. The third-order valence-electron chi connectivity index (χ3n) is 4.07. The molecule has 1 fully saturated rings. The minimum atomic E-state index is -0.458. The zero-order chi connectivity index (χ0) is 15.2. The van der Waals surface area contributed by atoms with Crippen molar-refractivity contribution in [2.75, 3.05) is 13.1 Å². The highest BCUT2D eigenvalue weighted by Gasteiger charge is 2.41. The molecule has 0 radical (unpaired) electrons. The van der Waals surface area contributed by atoms with Crippen LogP contribution in [-0.4, -0.2) is 35.8 Å². The van der Waals surface area contributed by atoms with Gasteiger partial charge in [0.15, 0.2) is 0 Å². The van der Waals surface area contributed by atoms with Gasteiger partial charge in [0.05, 0.1) is 19.3 Å². The molecule has 2 aliphatic rings. The van der Waals surface area contributed by atoms with Gasteiger partial charge in [-0.25, -0.2) is 4.79 Å². The molecule has 4 heteroatoms. The largest absolute Gasteiger partial charge is 0.444 e. The maximum absolute atomic E-state index is 12.2. The van der Waals surface area contributed by atoms with Crippen molar-refractivity contribution in [2.24, 2.45) is 0 Å². The van der Waals surface area contributed by atoms with Crippen LogP contribution in [0.5, 0.6) is 0 Å². The third kappa shape index (κ3) is 2.91. The van der Waals surface area contributed by atoms with Crippen LogP contribution in [0.2, 0.25) is 0 Å². The van der Waals surface area contributed by atoms with E-state index in [4.69, 9.17) is 9.47 Å². The molecule has 0 N–H and O–H groups in total. The number of carbonyl (C=O) groups is 1. The minimum absolute atomic E-state index is 0.0896. The first-order chi connectivity index (χ1) is 9.83. The number of ether oxygens (including phenoxy) is 2. The first kappa shape index (κ1) is 14.4. The fourth-order valence-electron chi connectivity index (χ4n) is 3.10. The van der Waals surface area contributed by atoms with E-state index < -0.39 is 5.60 Å². The summed E-state index contributed by atoms with van der Waals surface area (Å²) in [5, 5.41) is 0. The topological polar surface area (TPSA) is 38.8 Å². The van der Waals surface area contributed by atoms with Crippen molar-refractivity contribution in [3.05, 3.63) is 34.9 Å². The normalized spacial score (nSPS) is 24.5. The molecular weight excluding hydrogens is 266 g/mol. The van der Waals surface area contributed by atoms with Gasteiger partial charge in [0.25, 0.3) is 0 Å². The van der Waals surface area contributed by atoms with E-state index in [1.165, 1.54) is 16.7 Å². The van der Waals surface area contributed by atoms with Crippen molar-refractivity contribution in [1.29, 1.82) is 0 Å². The lowest BCUT2D eigenvalue weighted by Crippen LogP contribution is -2.36. The summed E-state index contributed by atoms with van der Waals surface area (Å²) >= 11 is 0. The van der Waals surface area contributed by atoms with Gasteiger partial charge in [-0.1, -0.05) is 23.8 Å². The van der Waals surface area contributed by atoms with Crippen LogP contribution in [0.1, 0.15) is 43.4 Å². The Hall–Kier alpha value is -1.55. The number of fused-ring (bicyclic) bond motifs is 3. The summed E-state index contributed by atoms with van der Waals surface area (Å²) in [6.45, 7) is 9.71. The van der Waals surface area contributed by atoms with Gasteiger partial charge >= 0.3 is 6.09 Å². The van der Waals surface area contributed by atoms with Gasteiger partial charge in [0.1, 0.15) is 5.60 Å². The number of benzene rings is 1. The second-order valence-electron chi connectivity index (χ2n) is 7.04. The minimum Gasteiger partial charge on any atom is -0.444 e. The van der Waals surface area contributed by atoms with Gasteiger partial charge in [0, 0.05) is 12.5 Å². The number of rotatable bonds is 0. The van der Waals surface area contributed by atoms with Gasteiger partial charge in [0.2, 0.25) is 0 Å². The molecule has 3 rings (SSSR count). The van der Waals surface area contributed by atoms with Crippen molar-refractivity contribution in [3.63, 3.8) is 0 Å². The van der Waals surface area contributed by atoms with Crippen molar-refractivity contribution in [3.8, 4) is 0 Å². The summed E-state index contributed by atoms with van der Waals surface area (Å²) in [5.41, 5.74) is 3.37. The predicted octanol–water partition coefficient (Wildman–Crippen LogP) is 3.23. The quantitative estimate of drug-likeness (QED) is 0.736. The molecule has 2 atom stereocenters. The maximum Gasteiger partial charge on any atom is 0.410 e. The van der Waals surface area contributed by atoms with E-state index in [1.54, 1.807) is 4.90 Å². The third-order valence-corrected chi connectivity index (χ3v) is 4.07. The van der Waals surface area contributed by atoms with Crippen LogP contribution in [0.3, 0.4) is 0 Å². The summed E-state index contributed by atoms with van der Waals surface area (Å²) in [5.74, 6) is 0.265. The molecule has 0 aliphatic carbocycles. The first-order valence-corrected chi connectivity index (χ1v) is 7.52. The van der Waals surface area contributed by atoms with Crippen LogP contribution >= 0.6 is 0 Å². The molecule has 1 saturated heterocycles. The van der Waals surface area contributed by atoms with Crippen LogP contribution < -0.4 is 0 Å². The van der Waals surface area contributed by atoms with Crippen LogP contribution in [-0.2, 0) is 16.1 Å². The molecule has 0 aromatic heterocycles. The lowest BCUT2D eigenvalue weighted by molar-refractivity contribution is 0.0127. The van der Waals surface area contributed by atoms with Crippen molar-refractivity contribution >= 4 is 6.09 Å². The smallest absolute Gasteiger partial charge is 0.410 e. The van der Waals surface area contributed by atoms with Crippen LogP contribution in [0.25, 0.3) is 0 Å². The standard InChI is InChI=1S/C17H23NO3/c1-11-5-6-12-10-20-15-9-18(8-14(15)13(12)7-11)16(19)21-17(2,3)4/h5-7,14-15H,8-10H2,1-4H3/t14-,15-/m0/s1. The Morgan fingerprint density at radius 1 is 1.33 bits per heavy atom. The van der Waals surface area contributed by atoms with E-state index in [1.807, 2.05) is 20.8 Å². The van der Waals surface area contributed by atoms with E-state index in [2.05, 4.69) is 25.1 Å². The Bertz CT molecular complexity index is 562. The number of carbonyl (C=O) groups excluding carboxylic acids is 1. The average molecular weight is 289 g/mol. The summed E-state index contributed by atoms with van der Waals surface area (Å²) in [6.07, 6.45) is -0.151. The van der Waals surface area contributed by atoms with Gasteiger partial charge < -0.3 is 14.4 Å². The molecule has 1 amide bonds. The molecule has 1 aromatic rings. The zero-order valence-corrected chi connectivity index (χ0v) is 13.2.